The number of nitrogens with one attached hydrogen (secondary N) is 1. The van der Waals surface area contributed by atoms with E-state index in [2.05, 4.69) is 5.32 Å². The molecule has 0 spiro atoms. The number of carbonyl (C=O) groups is 2. The molecule has 1 aromatic carbocycles. The molecule has 0 aromatic heterocycles. The highest BCUT2D eigenvalue weighted by molar-refractivity contribution is 7.80. The van der Waals surface area contributed by atoms with Gasteiger partial charge in [-0.2, -0.15) is 0 Å². The second-order valence-corrected chi connectivity index (χ2v) is 8.01. The van der Waals surface area contributed by atoms with Crippen molar-refractivity contribution in [3.05, 3.63) is 39.4 Å². The van der Waals surface area contributed by atoms with Gasteiger partial charge in [0.05, 0.1) is 28.5 Å². The molecule has 2 aliphatic rings. The maximum Gasteiger partial charge on any atom is 0.311 e. The van der Waals surface area contributed by atoms with Gasteiger partial charge in [-0.1, -0.05) is 50.4 Å². The Labute approximate surface area is 174 Å². The van der Waals surface area contributed by atoms with Crippen molar-refractivity contribution >= 4 is 40.7 Å². The quantitative estimate of drug-likeness (QED) is 0.179. The smallest absolute Gasteiger partial charge is 0.311 e. The Morgan fingerprint density at radius 1 is 1.24 bits per heavy atom. The Bertz CT molecular complexity index is 837. The van der Waals surface area contributed by atoms with E-state index in [0.29, 0.717) is 12.2 Å². The van der Waals surface area contributed by atoms with Crippen molar-refractivity contribution in [2.24, 2.45) is 5.92 Å². The lowest BCUT2D eigenvalue weighted by Gasteiger charge is -2.21. The first kappa shape index (κ1) is 21.1. The summed E-state index contributed by atoms with van der Waals surface area (Å²) in [5.41, 5.74) is 0.142. The van der Waals surface area contributed by atoms with E-state index in [-0.39, 0.29) is 28.4 Å². The monoisotopic (exact) mass is 416 g/mol. The number of amides is 1. The number of nitro benzene ring substituents is 1. The standard InChI is InChI=1S/C21H24N2O5S/c24-18-13-20(29)22-21(25)16(18)11-15-8-9-19(17(12-15)23(26)27)28-10-4-7-14-5-2-1-3-6-14/h8-9,11-12,14H,1-7,10,13H2,(H,22,25,29)/b16-11+. The Morgan fingerprint density at radius 2 is 2.00 bits per heavy atom. The molecular formula is C21H24N2O5S. The lowest BCUT2D eigenvalue weighted by atomic mass is 9.86. The molecule has 1 amide bonds. The fourth-order valence-electron chi connectivity index (χ4n) is 3.84. The first-order chi connectivity index (χ1) is 13.9. The van der Waals surface area contributed by atoms with Crippen molar-refractivity contribution in [3.8, 4) is 5.75 Å². The molecule has 7 nitrogen and oxygen atoms in total. The van der Waals surface area contributed by atoms with Crippen LogP contribution in [0.3, 0.4) is 0 Å². The Hall–Kier alpha value is -2.61. The third-order valence-corrected chi connectivity index (χ3v) is 5.60. The number of benzene rings is 1. The number of rotatable bonds is 7. The summed E-state index contributed by atoms with van der Waals surface area (Å²) in [5, 5.41) is 13.9. The van der Waals surface area contributed by atoms with Gasteiger partial charge >= 0.3 is 5.69 Å². The number of hydrogen-bond donors (Lipinski definition) is 1. The summed E-state index contributed by atoms with van der Waals surface area (Å²) in [6.07, 6.45) is 9.68. The predicted octanol–water partition coefficient (Wildman–Crippen LogP) is 4.13. The van der Waals surface area contributed by atoms with Crippen LogP contribution >= 0.6 is 12.2 Å². The van der Waals surface area contributed by atoms with Crippen LogP contribution in [0.4, 0.5) is 5.69 Å². The number of ketones is 1. The fraction of sp³-hybridized carbons (Fsp3) is 0.476. The molecule has 154 valence electrons. The number of ether oxygens (including phenoxy) is 1. The number of Topliss-reactive ketones (excluding diaryl/α,β-unsaturated/α-hetero) is 1. The van der Waals surface area contributed by atoms with Crippen LogP contribution in [-0.4, -0.2) is 28.2 Å². The van der Waals surface area contributed by atoms with Gasteiger partial charge in [-0.05, 0) is 36.5 Å². The predicted molar refractivity (Wildman–Crippen MR) is 113 cm³/mol. The van der Waals surface area contributed by atoms with Crippen LogP contribution in [0.1, 0.15) is 56.9 Å². The molecule has 0 atom stereocenters. The summed E-state index contributed by atoms with van der Waals surface area (Å²) in [5.74, 6) is -0.0498. The van der Waals surface area contributed by atoms with Crippen LogP contribution in [0.2, 0.25) is 0 Å². The summed E-state index contributed by atoms with van der Waals surface area (Å²) in [7, 11) is 0. The largest absolute Gasteiger partial charge is 0.487 e. The van der Waals surface area contributed by atoms with E-state index in [9.17, 15) is 19.7 Å². The number of carbonyl (C=O) groups excluding carboxylic acids is 2. The van der Waals surface area contributed by atoms with Gasteiger partial charge in [-0.15, -0.1) is 0 Å². The molecular weight excluding hydrogens is 392 g/mol. The van der Waals surface area contributed by atoms with E-state index in [4.69, 9.17) is 17.0 Å². The van der Waals surface area contributed by atoms with E-state index in [1.807, 2.05) is 0 Å². The van der Waals surface area contributed by atoms with E-state index in [0.717, 1.165) is 18.8 Å². The zero-order valence-corrected chi connectivity index (χ0v) is 17.0. The summed E-state index contributed by atoms with van der Waals surface area (Å²) in [6.45, 7) is 0.427. The van der Waals surface area contributed by atoms with Crippen LogP contribution in [0.25, 0.3) is 6.08 Å². The topological polar surface area (TPSA) is 98.5 Å². The number of piperidine rings is 1. The summed E-state index contributed by atoms with van der Waals surface area (Å²) in [6, 6.07) is 4.43. The minimum atomic E-state index is -0.586. The Kier molecular flexibility index (Phi) is 7.09. The number of nitrogens with zero attached hydrogens (tertiary/aromatic N) is 1. The second kappa shape index (κ2) is 9.73. The highest BCUT2D eigenvalue weighted by Crippen LogP contribution is 2.31. The van der Waals surface area contributed by atoms with Gasteiger partial charge in [-0.3, -0.25) is 19.7 Å². The van der Waals surface area contributed by atoms with Crippen LogP contribution < -0.4 is 10.1 Å². The zero-order valence-electron chi connectivity index (χ0n) is 16.1. The van der Waals surface area contributed by atoms with Crippen LogP contribution in [0, 0.1) is 16.0 Å². The van der Waals surface area contributed by atoms with Gasteiger partial charge in [0.15, 0.2) is 11.5 Å². The first-order valence-electron chi connectivity index (χ1n) is 9.94. The third-order valence-electron chi connectivity index (χ3n) is 5.35. The summed E-state index contributed by atoms with van der Waals surface area (Å²) < 4.78 is 5.67. The highest BCUT2D eigenvalue weighted by Gasteiger charge is 2.26. The molecule has 0 bridgehead atoms. The average Bonchev–Trinajstić information content (AvgIpc) is 2.69. The molecule has 29 heavy (non-hydrogen) atoms. The van der Waals surface area contributed by atoms with Gasteiger partial charge in [0.2, 0.25) is 0 Å². The normalized spacial score (nSPS) is 19.3. The SMILES string of the molecule is O=C1CC(=S)NC(=O)/C1=C/c1ccc(OCCCC2CCCCC2)c([N+](=O)[O-])c1. The number of nitro groups is 1. The number of thiocarbonyl (C=S) groups is 1. The van der Waals surface area contributed by atoms with E-state index >= 15 is 0 Å². The van der Waals surface area contributed by atoms with Gasteiger partial charge < -0.3 is 10.1 Å². The first-order valence-corrected chi connectivity index (χ1v) is 10.3. The third kappa shape index (κ3) is 5.69. The maximum atomic E-state index is 12.0. The van der Waals surface area contributed by atoms with Crippen molar-refractivity contribution in [1.29, 1.82) is 0 Å². The molecule has 2 fully saturated rings. The second-order valence-electron chi connectivity index (χ2n) is 7.51. The minimum Gasteiger partial charge on any atom is -0.487 e. The van der Waals surface area contributed by atoms with E-state index in [1.165, 1.54) is 50.3 Å². The number of hydrogen-bond acceptors (Lipinski definition) is 6. The molecule has 1 aromatic rings. The van der Waals surface area contributed by atoms with Gasteiger partial charge in [0.1, 0.15) is 0 Å². The highest BCUT2D eigenvalue weighted by atomic mass is 32.1. The molecule has 1 aliphatic carbocycles. The van der Waals surface area contributed by atoms with Crippen molar-refractivity contribution in [1.82, 2.24) is 5.32 Å². The molecule has 1 aliphatic heterocycles. The van der Waals surface area contributed by atoms with Crippen molar-refractivity contribution in [3.63, 3.8) is 0 Å². The summed E-state index contributed by atoms with van der Waals surface area (Å²) >= 11 is 4.86. The summed E-state index contributed by atoms with van der Waals surface area (Å²) in [4.78, 5) is 35.1. The lowest BCUT2D eigenvalue weighted by molar-refractivity contribution is -0.385. The Morgan fingerprint density at radius 3 is 2.69 bits per heavy atom. The van der Waals surface area contributed by atoms with Crippen molar-refractivity contribution < 1.29 is 19.2 Å². The molecule has 0 radical (unpaired) electrons. The van der Waals surface area contributed by atoms with Crippen LogP contribution in [-0.2, 0) is 9.59 Å². The zero-order chi connectivity index (χ0) is 20.8. The fourth-order valence-corrected chi connectivity index (χ4v) is 4.06. The van der Waals surface area contributed by atoms with Crippen LogP contribution in [0.15, 0.2) is 23.8 Å². The minimum absolute atomic E-state index is 0.0445. The van der Waals surface area contributed by atoms with E-state index in [1.54, 1.807) is 6.07 Å². The average molecular weight is 416 g/mol. The van der Waals surface area contributed by atoms with Crippen LogP contribution in [0.5, 0.6) is 5.75 Å². The lowest BCUT2D eigenvalue weighted by Crippen LogP contribution is -2.39. The molecule has 1 saturated heterocycles. The molecule has 1 heterocycles. The van der Waals surface area contributed by atoms with E-state index < -0.39 is 16.6 Å². The van der Waals surface area contributed by atoms with Crippen molar-refractivity contribution in [2.75, 3.05) is 6.61 Å². The molecule has 3 rings (SSSR count). The van der Waals surface area contributed by atoms with Gasteiger partial charge in [0, 0.05) is 6.07 Å². The van der Waals surface area contributed by atoms with Gasteiger partial charge in [-0.25, -0.2) is 0 Å². The molecule has 1 saturated carbocycles. The Balaban J connectivity index is 1.66. The molecule has 0 unspecified atom stereocenters. The molecule has 1 N–H and O–H groups in total. The maximum absolute atomic E-state index is 12.0. The van der Waals surface area contributed by atoms with Crippen molar-refractivity contribution in [2.45, 2.75) is 51.4 Å². The van der Waals surface area contributed by atoms with Gasteiger partial charge in [0.25, 0.3) is 5.91 Å². The molecule has 8 heteroatoms.